The number of nitrogens with one attached hydrogen (secondary N) is 1. The van der Waals surface area contributed by atoms with Crippen LogP contribution in [-0.2, 0) is 0 Å². The van der Waals surface area contributed by atoms with Crippen LogP contribution in [0.4, 0.5) is 11.5 Å². The van der Waals surface area contributed by atoms with Gasteiger partial charge in [0.1, 0.15) is 5.82 Å². The summed E-state index contributed by atoms with van der Waals surface area (Å²) in [5.74, 6) is 1.33. The minimum atomic E-state index is 0.520. The first kappa shape index (κ1) is 16.6. The Morgan fingerprint density at radius 3 is 2.80 bits per heavy atom. The highest BCUT2D eigenvalue weighted by molar-refractivity contribution is 5.53. The molecule has 5 nitrogen and oxygen atoms in total. The summed E-state index contributed by atoms with van der Waals surface area (Å²) >= 11 is 0. The molecule has 0 aromatic carbocycles. The van der Waals surface area contributed by atoms with Crippen LogP contribution in [0, 0.1) is 0 Å². The second-order valence-electron chi connectivity index (χ2n) is 5.10. The molecule has 0 fully saturated rings. The van der Waals surface area contributed by atoms with Gasteiger partial charge in [0, 0.05) is 19.1 Å². The fourth-order valence-corrected chi connectivity index (χ4v) is 1.76. The zero-order valence-corrected chi connectivity index (χ0v) is 13.1. The average molecular weight is 280 g/mol. The molecule has 0 amide bonds. The third kappa shape index (κ3) is 5.25. The molecule has 1 atom stereocenters. The maximum Gasteiger partial charge on any atom is 0.239 e. The largest absolute Gasteiger partial charge is 0.476 e. The number of pyridine rings is 1. The van der Waals surface area contributed by atoms with E-state index in [1.807, 2.05) is 12.1 Å². The minimum Gasteiger partial charge on any atom is -0.476 e. The van der Waals surface area contributed by atoms with Gasteiger partial charge in [0.25, 0.3) is 0 Å². The van der Waals surface area contributed by atoms with Gasteiger partial charge < -0.3 is 20.7 Å². The van der Waals surface area contributed by atoms with E-state index in [4.69, 9.17) is 10.5 Å². The summed E-state index contributed by atoms with van der Waals surface area (Å²) in [5, 5.41) is 3.31. The highest BCUT2D eigenvalue weighted by Crippen LogP contribution is 2.20. The summed E-state index contributed by atoms with van der Waals surface area (Å²) in [6.45, 7) is 8.96. The molecule has 0 aliphatic heterocycles. The summed E-state index contributed by atoms with van der Waals surface area (Å²) in [7, 11) is 2.14. The summed E-state index contributed by atoms with van der Waals surface area (Å²) in [5.41, 5.74) is 6.43. The molecule has 1 aromatic heterocycles. The van der Waals surface area contributed by atoms with Crippen molar-refractivity contribution >= 4 is 11.5 Å². The van der Waals surface area contributed by atoms with Crippen molar-refractivity contribution in [1.29, 1.82) is 0 Å². The predicted molar refractivity (Wildman–Crippen MR) is 85.3 cm³/mol. The molecule has 0 aliphatic carbocycles. The van der Waals surface area contributed by atoms with Crippen molar-refractivity contribution in [2.45, 2.75) is 39.7 Å². The molecule has 0 spiro atoms. The molecule has 0 saturated heterocycles. The maximum atomic E-state index is 5.84. The van der Waals surface area contributed by atoms with Crippen molar-refractivity contribution < 1.29 is 4.74 Å². The van der Waals surface area contributed by atoms with Gasteiger partial charge in [-0.25, -0.2) is 0 Å². The lowest BCUT2D eigenvalue weighted by atomic mass is 10.2. The van der Waals surface area contributed by atoms with Crippen LogP contribution in [0.15, 0.2) is 12.1 Å². The molecule has 1 rings (SSSR count). The third-order valence-corrected chi connectivity index (χ3v) is 3.45. The lowest BCUT2D eigenvalue weighted by Gasteiger charge is -2.23. The Hall–Kier alpha value is -1.49. The average Bonchev–Trinajstić information content (AvgIpc) is 2.46. The number of nitrogen functional groups attached to an aromatic ring is 1. The van der Waals surface area contributed by atoms with Crippen LogP contribution in [-0.4, -0.2) is 42.7 Å². The Morgan fingerprint density at radius 2 is 2.15 bits per heavy atom. The Balaban J connectivity index is 2.47. The van der Waals surface area contributed by atoms with Crippen molar-refractivity contribution in [3.05, 3.63) is 12.1 Å². The van der Waals surface area contributed by atoms with E-state index < -0.39 is 0 Å². The third-order valence-electron chi connectivity index (χ3n) is 3.45. The van der Waals surface area contributed by atoms with Gasteiger partial charge in [-0.15, -0.1) is 0 Å². The Kier molecular flexibility index (Phi) is 7.15. The van der Waals surface area contributed by atoms with E-state index in [-0.39, 0.29) is 0 Å². The van der Waals surface area contributed by atoms with Crippen LogP contribution in [0.1, 0.15) is 33.6 Å². The quantitative estimate of drug-likeness (QED) is 0.728. The van der Waals surface area contributed by atoms with Gasteiger partial charge in [-0.05, 0) is 38.9 Å². The van der Waals surface area contributed by atoms with Gasteiger partial charge in [-0.3, -0.25) is 0 Å². The van der Waals surface area contributed by atoms with E-state index >= 15 is 0 Å². The summed E-state index contributed by atoms with van der Waals surface area (Å²) in [4.78, 5) is 6.73. The number of nitrogens with two attached hydrogens (primary N) is 1. The number of hydrogen-bond acceptors (Lipinski definition) is 5. The predicted octanol–water partition coefficient (Wildman–Crippen LogP) is 2.59. The highest BCUT2D eigenvalue weighted by Gasteiger charge is 2.07. The fourth-order valence-electron chi connectivity index (χ4n) is 1.76. The zero-order chi connectivity index (χ0) is 15.0. The molecule has 1 aromatic rings. The van der Waals surface area contributed by atoms with Gasteiger partial charge in [-0.2, -0.15) is 4.98 Å². The molecule has 0 bridgehead atoms. The molecule has 5 heteroatoms. The first-order chi connectivity index (χ1) is 9.58. The number of aromatic nitrogens is 1. The number of hydrogen-bond donors (Lipinski definition) is 2. The Morgan fingerprint density at radius 1 is 1.40 bits per heavy atom. The molecule has 0 aliphatic rings. The van der Waals surface area contributed by atoms with E-state index in [2.05, 4.69) is 43.0 Å². The lowest BCUT2D eigenvalue weighted by molar-refractivity contribution is 0.261. The maximum absolute atomic E-state index is 5.84. The first-order valence-corrected chi connectivity index (χ1v) is 7.41. The molecular weight excluding hydrogens is 252 g/mol. The Labute approximate surface area is 122 Å². The summed E-state index contributed by atoms with van der Waals surface area (Å²) < 4.78 is 5.52. The second kappa shape index (κ2) is 8.64. The number of likely N-dealkylation sites (N-methyl/N-ethyl adjacent to an activating group) is 1. The Bertz CT molecular complexity index is 397. The van der Waals surface area contributed by atoms with Crippen LogP contribution in [0.25, 0.3) is 0 Å². The molecular formula is C15H28N4O. The van der Waals surface area contributed by atoms with E-state index in [9.17, 15) is 0 Å². The normalized spacial score (nSPS) is 12.4. The van der Waals surface area contributed by atoms with Crippen molar-refractivity contribution in [2.24, 2.45) is 0 Å². The van der Waals surface area contributed by atoms with E-state index in [1.165, 1.54) is 0 Å². The molecule has 1 unspecified atom stereocenters. The smallest absolute Gasteiger partial charge is 0.239 e. The van der Waals surface area contributed by atoms with Gasteiger partial charge in [0.05, 0.1) is 12.3 Å². The molecule has 0 saturated carbocycles. The number of rotatable bonds is 9. The molecule has 20 heavy (non-hydrogen) atoms. The topological polar surface area (TPSA) is 63.4 Å². The van der Waals surface area contributed by atoms with Gasteiger partial charge >= 0.3 is 0 Å². The first-order valence-electron chi connectivity index (χ1n) is 7.41. The van der Waals surface area contributed by atoms with E-state index in [1.54, 1.807) is 0 Å². The molecule has 114 valence electrons. The van der Waals surface area contributed by atoms with Crippen LogP contribution < -0.4 is 15.8 Å². The molecule has 0 radical (unpaired) electrons. The van der Waals surface area contributed by atoms with Crippen molar-refractivity contribution in [3.8, 4) is 5.88 Å². The summed E-state index contributed by atoms with van der Waals surface area (Å²) in [6, 6.07) is 4.32. The van der Waals surface area contributed by atoms with Crippen LogP contribution in [0.2, 0.25) is 0 Å². The SMILES string of the molecule is CCCOc1nc(NCCN(C)C(C)CC)ccc1N. The van der Waals surface area contributed by atoms with Crippen LogP contribution >= 0.6 is 0 Å². The van der Waals surface area contributed by atoms with Crippen molar-refractivity contribution in [2.75, 3.05) is 37.8 Å². The van der Waals surface area contributed by atoms with Crippen LogP contribution in [0.3, 0.4) is 0 Å². The number of nitrogens with zero attached hydrogens (tertiary/aromatic N) is 2. The van der Waals surface area contributed by atoms with Gasteiger partial charge in [0.2, 0.25) is 5.88 Å². The van der Waals surface area contributed by atoms with Crippen molar-refractivity contribution in [3.63, 3.8) is 0 Å². The second-order valence-corrected chi connectivity index (χ2v) is 5.10. The number of ether oxygens (including phenoxy) is 1. The van der Waals surface area contributed by atoms with E-state index in [0.717, 1.165) is 31.7 Å². The molecule has 3 N–H and O–H groups in total. The van der Waals surface area contributed by atoms with Gasteiger partial charge in [-0.1, -0.05) is 13.8 Å². The zero-order valence-electron chi connectivity index (χ0n) is 13.1. The highest BCUT2D eigenvalue weighted by atomic mass is 16.5. The minimum absolute atomic E-state index is 0.520. The van der Waals surface area contributed by atoms with Crippen LogP contribution in [0.5, 0.6) is 5.88 Å². The standard InChI is InChI=1S/C15H28N4O/c1-5-11-20-15-13(16)7-8-14(18-15)17-9-10-19(4)12(3)6-2/h7-8,12H,5-6,9-11,16H2,1-4H3,(H,17,18). The monoisotopic (exact) mass is 280 g/mol. The van der Waals surface area contributed by atoms with E-state index in [0.29, 0.717) is 24.2 Å². The number of anilines is 2. The van der Waals surface area contributed by atoms with Crippen molar-refractivity contribution in [1.82, 2.24) is 9.88 Å². The summed E-state index contributed by atoms with van der Waals surface area (Å²) in [6.07, 6.45) is 2.10. The fraction of sp³-hybridized carbons (Fsp3) is 0.667. The van der Waals surface area contributed by atoms with Gasteiger partial charge in [0.15, 0.2) is 0 Å². The molecule has 1 heterocycles. The lowest BCUT2D eigenvalue weighted by Crippen LogP contribution is -2.32.